The smallest absolute Gasteiger partial charge is 0.183 e. The van der Waals surface area contributed by atoms with Gasteiger partial charge in [-0.1, -0.05) is 22.9 Å². The second-order valence-electron chi connectivity index (χ2n) is 4.17. The summed E-state index contributed by atoms with van der Waals surface area (Å²) < 4.78 is 1.15. The number of aromatic nitrogens is 2. The zero-order valence-electron chi connectivity index (χ0n) is 10.3. The molecule has 1 N–H and O–H groups in total. The van der Waals surface area contributed by atoms with E-state index in [9.17, 15) is 0 Å². The van der Waals surface area contributed by atoms with Crippen molar-refractivity contribution in [2.45, 2.75) is 13.3 Å². The van der Waals surface area contributed by atoms with Crippen LogP contribution in [0.4, 0.5) is 5.13 Å². The van der Waals surface area contributed by atoms with Gasteiger partial charge in [0.15, 0.2) is 5.13 Å². The molecule has 0 saturated carbocycles. The number of hydrogen-bond donors (Lipinski definition) is 1. The summed E-state index contributed by atoms with van der Waals surface area (Å²) in [4.78, 5) is 8.96. The Bertz CT molecular complexity index is 705. The van der Waals surface area contributed by atoms with E-state index in [4.69, 9.17) is 11.6 Å². The highest BCUT2D eigenvalue weighted by Gasteiger charge is 2.04. The van der Waals surface area contributed by atoms with E-state index >= 15 is 0 Å². The first-order valence-corrected chi connectivity index (χ1v) is 7.99. The number of thiazole rings is 2. The van der Waals surface area contributed by atoms with E-state index in [1.165, 1.54) is 0 Å². The molecule has 6 heteroatoms. The quantitative estimate of drug-likeness (QED) is 0.777. The van der Waals surface area contributed by atoms with E-state index in [2.05, 4.69) is 20.7 Å². The molecule has 0 amide bonds. The molecule has 3 rings (SSSR count). The zero-order chi connectivity index (χ0) is 13.2. The molecule has 0 aliphatic carbocycles. The molecular weight excluding hydrogens is 298 g/mol. The normalized spacial score (nSPS) is 11.1. The van der Waals surface area contributed by atoms with Gasteiger partial charge in [0.05, 0.1) is 20.9 Å². The topological polar surface area (TPSA) is 37.8 Å². The molecule has 0 atom stereocenters. The van der Waals surface area contributed by atoms with Crippen molar-refractivity contribution in [3.8, 4) is 0 Å². The van der Waals surface area contributed by atoms with Crippen molar-refractivity contribution in [2.75, 3.05) is 11.9 Å². The van der Waals surface area contributed by atoms with Crippen molar-refractivity contribution in [2.24, 2.45) is 0 Å². The van der Waals surface area contributed by atoms with Crippen LogP contribution in [0.2, 0.25) is 5.02 Å². The van der Waals surface area contributed by atoms with Gasteiger partial charge in [-0.05, 0) is 25.1 Å². The Labute approximate surface area is 124 Å². The number of nitrogens with one attached hydrogen (secondary N) is 1. The minimum absolute atomic E-state index is 0.724. The second-order valence-corrected chi connectivity index (χ2v) is 6.70. The standard InChI is InChI=1S/C13H12ClN3S2/c1-8-16-10(7-18-8)4-5-15-13-17-11-6-9(14)2-3-12(11)19-13/h2-3,6-7H,4-5H2,1H3,(H,15,17). The third kappa shape index (κ3) is 3.05. The van der Waals surface area contributed by atoms with Gasteiger partial charge in [-0.2, -0.15) is 0 Å². The van der Waals surface area contributed by atoms with E-state index in [0.717, 1.165) is 44.0 Å². The molecule has 0 saturated heterocycles. The van der Waals surface area contributed by atoms with Crippen LogP contribution in [-0.2, 0) is 6.42 Å². The third-order valence-corrected chi connectivity index (χ3v) is 4.73. The fourth-order valence-corrected chi connectivity index (χ4v) is 3.48. The number of halogens is 1. The Morgan fingerprint density at radius 1 is 1.32 bits per heavy atom. The summed E-state index contributed by atoms with van der Waals surface area (Å²) in [6.07, 6.45) is 0.918. The molecule has 0 bridgehead atoms. The van der Waals surface area contributed by atoms with Crippen molar-refractivity contribution < 1.29 is 0 Å². The van der Waals surface area contributed by atoms with Crippen LogP contribution in [0.5, 0.6) is 0 Å². The van der Waals surface area contributed by atoms with Crippen molar-refractivity contribution in [1.29, 1.82) is 0 Å². The molecule has 0 aliphatic heterocycles. The first kappa shape index (κ1) is 12.8. The van der Waals surface area contributed by atoms with Gasteiger partial charge in [-0.3, -0.25) is 0 Å². The largest absolute Gasteiger partial charge is 0.361 e. The van der Waals surface area contributed by atoms with Crippen molar-refractivity contribution >= 4 is 49.6 Å². The Morgan fingerprint density at radius 2 is 2.21 bits per heavy atom. The molecule has 0 fully saturated rings. The summed E-state index contributed by atoms with van der Waals surface area (Å²) in [6.45, 7) is 2.87. The van der Waals surface area contributed by atoms with Crippen molar-refractivity contribution in [3.05, 3.63) is 39.3 Å². The average Bonchev–Trinajstić information content (AvgIpc) is 2.95. The van der Waals surface area contributed by atoms with Gasteiger partial charge < -0.3 is 5.32 Å². The highest BCUT2D eigenvalue weighted by atomic mass is 35.5. The molecular formula is C13H12ClN3S2. The maximum absolute atomic E-state index is 5.95. The number of aryl methyl sites for hydroxylation is 1. The lowest BCUT2D eigenvalue weighted by Crippen LogP contribution is -2.04. The lowest BCUT2D eigenvalue weighted by Gasteiger charge is -1.99. The number of anilines is 1. The Morgan fingerprint density at radius 3 is 3.00 bits per heavy atom. The highest BCUT2D eigenvalue weighted by Crippen LogP contribution is 2.27. The lowest BCUT2D eigenvalue weighted by atomic mass is 10.3. The predicted molar refractivity (Wildman–Crippen MR) is 83.7 cm³/mol. The van der Waals surface area contributed by atoms with Crippen LogP contribution < -0.4 is 5.32 Å². The maximum atomic E-state index is 5.95. The van der Waals surface area contributed by atoms with Gasteiger partial charge in [-0.15, -0.1) is 11.3 Å². The second kappa shape index (κ2) is 5.45. The zero-order valence-corrected chi connectivity index (χ0v) is 12.7. The van der Waals surface area contributed by atoms with Gasteiger partial charge in [0.25, 0.3) is 0 Å². The van der Waals surface area contributed by atoms with Gasteiger partial charge in [0, 0.05) is 23.4 Å². The summed E-state index contributed by atoms with van der Waals surface area (Å²) in [5.74, 6) is 0. The number of fused-ring (bicyclic) bond motifs is 1. The van der Waals surface area contributed by atoms with Gasteiger partial charge >= 0.3 is 0 Å². The molecule has 19 heavy (non-hydrogen) atoms. The van der Waals surface area contributed by atoms with E-state index in [1.807, 2.05) is 25.1 Å². The molecule has 3 nitrogen and oxygen atoms in total. The molecule has 0 unspecified atom stereocenters. The molecule has 0 radical (unpaired) electrons. The molecule has 2 aromatic heterocycles. The Balaban J connectivity index is 1.65. The van der Waals surface area contributed by atoms with E-state index in [-0.39, 0.29) is 0 Å². The number of rotatable bonds is 4. The lowest BCUT2D eigenvalue weighted by molar-refractivity contribution is 0.967. The summed E-state index contributed by atoms with van der Waals surface area (Å²) in [7, 11) is 0. The van der Waals surface area contributed by atoms with E-state index < -0.39 is 0 Å². The average molecular weight is 310 g/mol. The summed E-state index contributed by atoms with van der Waals surface area (Å²) in [6, 6.07) is 5.79. The first-order chi connectivity index (χ1) is 9.20. The number of hydrogen-bond acceptors (Lipinski definition) is 5. The molecule has 1 aromatic carbocycles. The molecule has 3 aromatic rings. The maximum Gasteiger partial charge on any atom is 0.183 e. The Hall–Kier alpha value is -1.17. The molecule has 2 heterocycles. The molecule has 0 aliphatic rings. The van der Waals surface area contributed by atoms with Crippen LogP contribution in [0.3, 0.4) is 0 Å². The van der Waals surface area contributed by atoms with Crippen LogP contribution in [-0.4, -0.2) is 16.5 Å². The summed E-state index contributed by atoms with van der Waals surface area (Å²) in [5.41, 5.74) is 2.09. The summed E-state index contributed by atoms with van der Waals surface area (Å²) in [5, 5.41) is 8.22. The predicted octanol–water partition coefficient (Wildman–Crippen LogP) is 4.37. The van der Waals surface area contributed by atoms with Crippen LogP contribution in [0.25, 0.3) is 10.2 Å². The van der Waals surface area contributed by atoms with Crippen LogP contribution in [0.1, 0.15) is 10.7 Å². The van der Waals surface area contributed by atoms with Crippen LogP contribution in [0.15, 0.2) is 23.6 Å². The SMILES string of the molecule is Cc1nc(CCNc2nc3cc(Cl)ccc3s2)cs1. The fraction of sp³-hybridized carbons (Fsp3) is 0.231. The van der Waals surface area contributed by atoms with E-state index in [0.29, 0.717) is 0 Å². The van der Waals surface area contributed by atoms with Crippen LogP contribution >= 0.6 is 34.3 Å². The number of nitrogens with zero attached hydrogens (tertiary/aromatic N) is 2. The minimum Gasteiger partial charge on any atom is -0.361 e. The first-order valence-electron chi connectivity index (χ1n) is 5.92. The molecule has 98 valence electrons. The van der Waals surface area contributed by atoms with E-state index in [1.54, 1.807) is 22.7 Å². The minimum atomic E-state index is 0.724. The monoisotopic (exact) mass is 309 g/mol. The van der Waals surface area contributed by atoms with Crippen LogP contribution in [0, 0.1) is 6.92 Å². The fourth-order valence-electron chi connectivity index (χ4n) is 1.80. The van der Waals surface area contributed by atoms with Gasteiger partial charge in [-0.25, -0.2) is 9.97 Å². The van der Waals surface area contributed by atoms with Gasteiger partial charge in [0.2, 0.25) is 0 Å². The third-order valence-electron chi connectivity index (χ3n) is 2.67. The molecule has 0 spiro atoms. The highest BCUT2D eigenvalue weighted by molar-refractivity contribution is 7.22. The summed E-state index contributed by atoms with van der Waals surface area (Å²) >= 11 is 9.29. The number of benzene rings is 1. The Kier molecular flexibility index (Phi) is 3.68. The van der Waals surface area contributed by atoms with Crippen molar-refractivity contribution in [1.82, 2.24) is 9.97 Å². The van der Waals surface area contributed by atoms with Gasteiger partial charge in [0.1, 0.15) is 0 Å². The van der Waals surface area contributed by atoms with Crippen molar-refractivity contribution in [3.63, 3.8) is 0 Å².